The fourth-order valence-corrected chi connectivity index (χ4v) is 2.89. The van der Waals surface area contributed by atoms with Crippen LogP contribution in [0.3, 0.4) is 0 Å². The Morgan fingerprint density at radius 1 is 1.43 bits per heavy atom. The molecular formula is C17H22N4O2. The molecule has 0 saturated carbocycles. The number of aryl methyl sites for hydroxylation is 2. The molecular weight excluding hydrogens is 292 g/mol. The van der Waals surface area contributed by atoms with Crippen LogP contribution in [0.4, 0.5) is 0 Å². The summed E-state index contributed by atoms with van der Waals surface area (Å²) in [6.07, 6.45) is 3.75. The molecule has 0 aromatic carbocycles. The molecule has 1 amide bonds. The average Bonchev–Trinajstić information content (AvgIpc) is 3.17. The summed E-state index contributed by atoms with van der Waals surface area (Å²) in [6.45, 7) is 6.68. The minimum atomic E-state index is -0.125. The molecule has 6 nitrogen and oxygen atoms in total. The predicted octanol–water partition coefficient (Wildman–Crippen LogP) is 2.18. The highest BCUT2D eigenvalue weighted by Crippen LogP contribution is 2.16. The predicted molar refractivity (Wildman–Crippen MR) is 86.7 cm³/mol. The molecule has 1 aliphatic rings. The van der Waals surface area contributed by atoms with E-state index in [1.54, 1.807) is 16.9 Å². The number of carbonyl (C=O) groups is 1. The van der Waals surface area contributed by atoms with Gasteiger partial charge in [0.15, 0.2) is 5.82 Å². The highest BCUT2D eigenvalue weighted by molar-refractivity contribution is 5.94. The van der Waals surface area contributed by atoms with Crippen LogP contribution in [-0.2, 0) is 4.74 Å². The van der Waals surface area contributed by atoms with Crippen molar-refractivity contribution >= 4 is 5.91 Å². The van der Waals surface area contributed by atoms with Gasteiger partial charge in [-0.3, -0.25) is 4.79 Å². The molecule has 1 aliphatic heterocycles. The Labute approximate surface area is 135 Å². The second kappa shape index (κ2) is 6.50. The van der Waals surface area contributed by atoms with Gasteiger partial charge in [0.25, 0.3) is 5.91 Å². The lowest BCUT2D eigenvalue weighted by Gasteiger charge is -2.19. The van der Waals surface area contributed by atoms with Gasteiger partial charge >= 0.3 is 0 Å². The molecule has 0 aliphatic carbocycles. The minimum absolute atomic E-state index is 0.000635. The molecule has 3 rings (SSSR count). The largest absolute Gasteiger partial charge is 0.376 e. The fourth-order valence-electron chi connectivity index (χ4n) is 2.89. The molecule has 122 valence electrons. The van der Waals surface area contributed by atoms with Crippen molar-refractivity contribution in [2.45, 2.75) is 45.8 Å². The molecule has 6 heteroatoms. The van der Waals surface area contributed by atoms with Crippen LogP contribution < -0.4 is 5.32 Å². The summed E-state index contributed by atoms with van der Waals surface area (Å²) in [6, 6.07) is 5.58. The summed E-state index contributed by atoms with van der Waals surface area (Å²) in [5.74, 6) is 0.583. The van der Waals surface area contributed by atoms with Crippen molar-refractivity contribution in [3.05, 3.63) is 41.3 Å². The summed E-state index contributed by atoms with van der Waals surface area (Å²) in [5.41, 5.74) is 2.50. The third-order valence-electron chi connectivity index (χ3n) is 4.12. The molecule has 0 bridgehead atoms. The van der Waals surface area contributed by atoms with E-state index in [4.69, 9.17) is 4.74 Å². The first kappa shape index (κ1) is 15.7. The Bertz CT molecular complexity index is 687. The average molecular weight is 314 g/mol. The second-order valence-corrected chi connectivity index (χ2v) is 6.06. The number of ether oxygens (including phenoxy) is 1. The van der Waals surface area contributed by atoms with Gasteiger partial charge in [0.05, 0.1) is 23.4 Å². The first-order chi connectivity index (χ1) is 11.0. The van der Waals surface area contributed by atoms with Gasteiger partial charge in [-0.1, -0.05) is 0 Å². The fraction of sp³-hybridized carbons (Fsp3) is 0.471. The van der Waals surface area contributed by atoms with Gasteiger partial charge in [-0.25, -0.2) is 9.67 Å². The standard InChI is InChI=1S/C17H22N4O2/c1-11-9-12(2)21(20-11)16-7-6-14(10-18-16)17(22)19-13(3)15-5-4-8-23-15/h6-7,9-10,13,15H,4-5,8H2,1-3H3,(H,19,22)/t13-,15+/m1/s1. The first-order valence-corrected chi connectivity index (χ1v) is 7.97. The van der Waals surface area contributed by atoms with Gasteiger partial charge in [0.2, 0.25) is 0 Å². The number of nitrogens with zero attached hydrogens (tertiary/aromatic N) is 3. The van der Waals surface area contributed by atoms with E-state index >= 15 is 0 Å². The summed E-state index contributed by atoms with van der Waals surface area (Å²) in [5, 5.41) is 7.38. The Balaban J connectivity index is 1.69. The molecule has 1 saturated heterocycles. The van der Waals surface area contributed by atoms with Gasteiger partial charge < -0.3 is 10.1 Å². The van der Waals surface area contributed by atoms with Gasteiger partial charge in [-0.05, 0) is 51.8 Å². The molecule has 0 spiro atoms. The molecule has 1 fully saturated rings. The lowest BCUT2D eigenvalue weighted by atomic mass is 10.1. The van der Waals surface area contributed by atoms with Crippen molar-refractivity contribution in [1.29, 1.82) is 0 Å². The lowest BCUT2D eigenvalue weighted by Crippen LogP contribution is -2.40. The molecule has 0 unspecified atom stereocenters. The highest BCUT2D eigenvalue weighted by atomic mass is 16.5. The number of hydrogen-bond acceptors (Lipinski definition) is 4. The Hall–Kier alpha value is -2.21. The van der Waals surface area contributed by atoms with Crippen molar-refractivity contribution in [3.63, 3.8) is 0 Å². The van der Waals surface area contributed by atoms with E-state index in [2.05, 4.69) is 15.4 Å². The molecule has 2 aromatic heterocycles. The van der Waals surface area contributed by atoms with Crippen LogP contribution in [0.5, 0.6) is 0 Å². The molecule has 2 aromatic rings. The van der Waals surface area contributed by atoms with E-state index in [1.165, 1.54) is 0 Å². The first-order valence-electron chi connectivity index (χ1n) is 7.97. The molecule has 3 heterocycles. The zero-order valence-corrected chi connectivity index (χ0v) is 13.7. The number of hydrogen-bond donors (Lipinski definition) is 1. The monoisotopic (exact) mass is 314 g/mol. The van der Waals surface area contributed by atoms with Crippen LogP contribution in [-0.4, -0.2) is 39.4 Å². The third-order valence-corrected chi connectivity index (χ3v) is 4.12. The van der Waals surface area contributed by atoms with Crippen LogP contribution in [0.15, 0.2) is 24.4 Å². The number of carbonyl (C=O) groups excluding carboxylic acids is 1. The zero-order valence-electron chi connectivity index (χ0n) is 13.7. The number of aromatic nitrogens is 3. The van der Waals surface area contributed by atoms with Crippen LogP contribution in [0.1, 0.15) is 41.5 Å². The van der Waals surface area contributed by atoms with Crippen molar-refractivity contribution in [3.8, 4) is 5.82 Å². The van der Waals surface area contributed by atoms with E-state index < -0.39 is 0 Å². The van der Waals surface area contributed by atoms with E-state index in [0.29, 0.717) is 11.4 Å². The Morgan fingerprint density at radius 2 is 2.26 bits per heavy atom. The van der Waals surface area contributed by atoms with Crippen molar-refractivity contribution in [2.24, 2.45) is 0 Å². The normalized spacial score (nSPS) is 18.8. The SMILES string of the molecule is Cc1cc(C)n(-c2ccc(C(=O)N[C@H](C)[C@@H]3CCCO3)cn2)n1. The smallest absolute Gasteiger partial charge is 0.253 e. The maximum absolute atomic E-state index is 12.3. The number of rotatable bonds is 4. The second-order valence-electron chi connectivity index (χ2n) is 6.06. The van der Waals surface area contributed by atoms with E-state index in [1.807, 2.05) is 32.9 Å². The number of amides is 1. The van der Waals surface area contributed by atoms with Crippen molar-refractivity contribution in [2.75, 3.05) is 6.61 Å². The minimum Gasteiger partial charge on any atom is -0.376 e. The van der Waals surface area contributed by atoms with Gasteiger partial charge in [0, 0.05) is 18.5 Å². The van der Waals surface area contributed by atoms with Crippen molar-refractivity contribution in [1.82, 2.24) is 20.1 Å². The summed E-state index contributed by atoms with van der Waals surface area (Å²) in [4.78, 5) is 16.7. The lowest BCUT2D eigenvalue weighted by molar-refractivity contribution is 0.0712. The molecule has 23 heavy (non-hydrogen) atoms. The molecule has 0 radical (unpaired) electrons. The van der Waals surface area contributed by atoms with Crippen LogP contribution >= 0.6 is 0 Å². The maximum Gasteiger partial charge on any atom is 0.253 e. The van der Waals surface area contributed by atoms with E-state index in [-0.39, 0.29) is 18.1 Å². The topological polar surface area (TPSA) is 69.0 Å². The van der Waals surface area contributed by atoms with Crippen LogP contribution in [0, 0.1) is 13.8 Å². The summed E-state index contributed by atoms with van der Waals surface area (Å²) < 4.78 is 7.37. The quantitative estimate of drug-likeness (QED) is 0.939. The molecule has 1 N–H and O–H groups in total. The summed E-state index contributed by atoms with van der Waals surface area (Å²) >= 11 is 0. The van der Waals surface area contributed by atoms with Gasteiger partial charge in [-0.2, -0.15) is 5.10 Å². The third kappa shape index (κ3) is 3.42. The van der Waals surface area contributed by atoms with Crippen LogP contribution in [0.25, 0.3) is 5.82 Å². The number of pyridine rings is 1. The van der Waals surface area contributed by atoms with E-state index in [0.717, 1.165) is 30.8 Å². The zero-order chi connectivity index (χ0) is 16.4. The van der Waals surface area contributed by atoms with Gasteiger partial charge in [0.1, 0.15) is 0 Å². The Kier molecular flexibility index (Phi) is 4.43. The van der Waals surface area contributed by atoms with Crippen LogP contribution in [0.2, 0.25) is 0 Å². The summed E-state index contributed by atoms with van der Waals surface area (Å²) in [7, 11) is 0. The molecule has 2 atom stereocenters. The van der Waals surface area contributed by atoms with Gasteiger partial charge in [-0.15, -0.1) is 0 Å². The Morgan fingerprint density at radius 3 is 2.83 bits per heavy atom. The van der Waals surface area contributed by atoms with E-state index in [9.17, 15) is 4.79 Å². The van der Waals surface area contributed by atoms with Crippen molar-refractivity contribution < 1.29 is 9.53 Å². The number of nitrogens with one attached hydrogen (secondary N) is 1. The highest BCUT2D eigenvalue weighted by Gasteiger charge is 2.24. The maximum atomic E-state index is 12.3.